The van der Waals surface area contributed by atoms with Crippen molar-refractivity contribution in [3.8, 4) is 17.2 Å². The summed E-state index contributed by atoms with van der Waals surface area (Å²) < 4.78 is 40.5. The van der Waals surface area contributed by atoms with Gasteiger partial charge in [0.1, 0.15) is 5.75 Å². The molecule has 1 aliphatic heterocycles. The SMILES string of the molecule is I.NC(=NCc1ccccc1OC(F)F)Nc1ccc2c(c1)OCCCO2. The normalized spacial score (nSPS) is 13.5. The summed E-state index contributed by atoms with van der Waals surface area (Å²) in [6, 6.07) is 11.8. The number of anilines is 1. The Labute approximate surface area is 172 Å². The molecule has 0 bridgehead atoms. The van der Waals surface area contributed by atoms with Crippen molar-refractivity contribution in [3.63, 3.8) is 0 Å². The number of hydrogen-bond donors (Lipinski definition) is 2. The lowest BCUT2D eigenvalue weighted by Crippen LogP contribution is -2.22. The minimum atomic E-state index is -2.89. The fourth-order valence-corrected chi connectivity index (χ4v) is 2.44. The van der Waals surface area contributed by atoms with Gasteiger partial charge in [0.15, 0.2) is 17.5 Å². The third-order valence-electron chi connectivity index (χ3n) is 3.63. The highest BCUT2D eigenvalue weighted by Gasteiger charge is 2.11. The zero-order chi connectivity index (χ0) is 18.4. The van der Waals surface area contributed by atoms with Crippen LogP contribution in [0.15, 0.2) is 47.5 Å². The van der Waals surface area contributed by atoms with Crippen LogP contribution in [0, 0.1) is 0 Å². The van der Waals surface area contributed by atoms with Crippen LogP contribution in [0.5, 0.6) is 17.2 Å². The second-order valence-corrected chi connectivity index (χ2v) is 5.52. The molecule has 0 unspecified atom stereocenters. The van der Waals surface area contributed by atoms with Crippen molar-refractivity contribution < 1.29 is 23.0 Å². The summed E-state index contributed by atoms with van der Waals surface area (Å²) in [7, 11) is 0. The smallest absolute Gasteiger partial charge is 0.387 e. The van der Waals surface area contributed by atoms with E-state index >= 15 is 0 Å². The maximum absolute atomic E-state index is 12.4. The topological polar surface area (TPSA) is 78.1 Å². The van der Waals surface area contributed by atoms with E-state index in [1.54, 1.807) is 36.4 Å². The monoisotopic (exact) mass is 491 g/mol. The molecule has 0 atom stereocenters. The number of nitrogens with two attached hydrogens (primary N) is 1. The molecule has 0 saturated carbocycles. The van der Waals surface area contributed by atoms with Gasteiger partial charge in [0, 0.05) is 23.7 Å². The number of para-hydroxylation sites is 1. The third-order valence-corrected chi connectivity index (χ3v) is 3.63. The Kier molecular flexibility index (Phi) is 7.89. The Hall–Kier alpha value is -2.30. The van der Waals surface area contributed by atoms with E-state index in [-0.39, 0.29) is 42.2 Å². The van der Waals surface area contributed by atoms with Crippen LogP contribution in [0.1, 0.15) is 12.0 Å². The predicted octanol–water partition coefficient (Wildman–Crippen LogP) is 3.99. The van der Waals surface area contributed by atoms with Crippen molar-refractivity contribution in [1.29, 1.82) is 0 Å². The number of nitrogens with zero attached hydrogens (tertiary/aromatic N) is 1. The molecule has 6 nitrogen and oxygen atoms in total. The van der Waals surface area contributed by atoms with Crippen LogP contribution in [-0.4, -0.2) is 25.8 Å². The van der Waals surface area contributed by atoms with Gasteiger partial charge in [-0.05, 0) is 18.2 Å². The van der Waals surface area contributed by atoms with Crippen molar-refractivity contribution in [3.05, 3.63) is 48.0 Å². The first-order chi connectivity index (χ1) is 12.6. The average molecular weight is 491 g/mol. The summed E-state index contributed by atoms with van der Waals surface area (Å²) in [6.07, 6.45) is 0.821. The number of aliphatic imine (C=N–C) groups is 1. The Morgan fingerprint density at radius 3 is 2.67 bits per heavy atom. The first-order valence-electron chi connectivity index (χ1n) is 8.11. The predicted molar refractivity (Wildman–Crippen MR) is 109 cm³/mol. The molecule has 0 aromatic heterocycles. The van der Waals surface area contributed by atoms with E-state index in [2.05, 4.69) is 15.0 Å². The van der Waals surface area contributed by atoms with Gasteiger partial charge in [-0.3, -0.25) is 0 Å². The molecule has 3 rings (SSSR count). The maximum Gasteiger partial charge on any atom is 0.387 e. The molecule has 1 aliphatic rings. The Balaban J connectivity index is 0.00000261. The second kappa shape index (κ2) is 10.1. The van der Waals surface area contributed by atoms with Crippen molar-refractivity contribution in [2.75, 3.05) is 18.5 Å². The first kappa shape index (κ1) is 21.0. The van der Waals surface area contributed by atoms with E-state index in [4.69, 9.17) is 15.2 Å². The van der Waals surface area contributed by atoms with Crippen molar-refractivity contribution in [2.24, 2.45) is 10.7 Å². The fourth-order valence-electron chi connectivity index (χ4n) is 2.44. The Morgan fingerprint density at radius 2 is 1.89 bits per heavy atom. The number of rotatable bonds is 5. The molecule has 0 amide bonds. The fraction of sp³-hybridized carbons (Fsp3) is 0.278. The number of halogens is 3. The lowest BCUT2D eigenvalue weighted by Gasteiger charge is -2.11. The lowest BCUT2D eigenvalue weighted by molar-refractivity contribution is -0.0504. The highest BCUT2D eigenvalue weighted by molar-refractivity contribution is 14.0. The van der Waals surface area contributed by atoms with E-state index in [9.17, 15) is 8.78 Å². The number of nitrogens with one attached hydrogen (secondary N) is 1. The highest BCUT2D eigenvalue weighted by Crippen LogP contribution is 2.32. The van der Waals surface area contributed by atoms with Crippen LogP contribution in [0.3, 0.4) is 0 Å². The van der Waals surface area contributed by atoms with Gasteiger partial charge >= 0.3 is 6.61 Å². The van der Waals surface area contributed by atoms with Gasteiger partial charge < -0.3 is 25.3 Å². The summed E-state index contributed by atoms with van der Waals surface area (Å²) in [5.74, 6) is 1.54. The molecular formula is C18H20F2IN3O3. The summed E-state index contributed by atoms with van der Waals surface area (Å²) in [4.78, 5) is 4.17. The number of ether oxygens (including phenoxy) is 3. The van der Waals surface area contributed by atoms with Gasteiger partial charge in [0.25, 0.3) is 0 Å². The number of hydrogen-bond acceptors (Lipinski definition) is 4. The molecule has 3 N–H and O–H groups in total. The molecule has 0 fully saturated rings. The first-order valence-corrected chi connectivity index (χ1v) is 8.11. The molecule has 27 heavy (non-hydrogen) atoms. The van der Waals surface area contributed by atoms with Gasteiger partial charge in [-0.15, -0.1) is 24.0 Å². The zero-order valence-corrected chi connectivity index (χ0v) is 16.7. The maximum atomic E-state index is 12.4. The van der Waals surface area contributed by atoms with E-state index in [0.29, 0.717) is 36.0 Å². The molecule has 0 radical (unpaired) electrons. The molecule has 0 spiro atoms. The van der Waals surface area contributed by atoms with E-state index in [0.717, 1.165) is 6.42 Å². The summed E-state index contributed by atoms with van der Waals surface area (Å²) in [6.45, 7) is -1.59. The van der Waals surface area contributed by atoms with E-state index in [1.807, 2.05) is 0 Å². The largest absolute Gasteiger partial charge is 0.490 e. The summed E-state index contributed by atoms with van der Waals surface area (Å²) >= 11 is 0. The average Bonchev–Trinajstić information content (AvgIpc) is 2.85. The summed E-state index contributed by atoms with van der Waals surface area (Å²) in [5, 5.41) is 2.95. The molecule has 1 heterocycles. The van der Waals surface area contributed by atoms with Gasteiger partial charge in [-0.1, -0.05) is 18.2 Å². The van der Waals surface area contributed by atoms with Crippen LogP contribution < -0.4 is 25.3 Å². The number of fused-ring (bicyclic) bond motifs is 1. The van der Waals surface area contributed by atoms with Crippen LogP contribution >= 0.6 is 24.0 Å². The van der Waals surface area contributed by atoms with Crippen LogP contribution in [0.25, 0.3) is 0 Å². The lowest BCUT2D eigenvalue weighted by atomic mass is 10.2. The van der Waals surface area contributed by atoms with Crippen molar-refractivity contribution >= 4 is 35.6 Å². The Bertz CT molecular complexity index is 790. The van der Waals surface area contributed by atoms with Gasteiger partial charge in [-0.2, -0.15) is 8.78 Å². The van der Waals surface area contributed by atoms with Crippen LogP contribution in [0.4, 0.5) is 14.5 Å². The molecule has 0 aliphatic carbocycles. The molecule has 2 aromatic carbocycles. The second-order valence-electron chi connectivity index (χ2n) is 5.52. The minimum absolute atomic E-state index is 0. The van der Waals surface area contributed by atoms with Gasteiger partial charge in [-0.25, -0.2) is 4.99 Å². The minimum Gasteiger partial charge on any atom is -0.490 e. The highest BCUT2D eigenvalue weighted by atomic mass is 127. The number of benzene rings is 2. The van der Waals surface area contributed by atoms with E-state index < -0.39 is 6.61 Å². The molecular weight excluding hydrogens is 471 g/mol. The van der Waals surface area contributed by atoms with Crippen molar-refractivity contribution in [1.82, 2.24) is 0 Å². The van der Waals surface area contributed by atoms with Crippen LogP contribution in [-0.2, 0) is 6.54 Å². The molecule has 9 heteroatoms. The van der Waals surface area contributed by atoms with Gasteiger partial charge in [0.2, 0.25) is 0 Å². The summed E-state index contributed by atoms with van der Waals surface area (Å²) in [5.41, 5.74) is 7.09. The quantitative estimate of drug-likeness (QED) is 0.376. The molecule has 2 aromatic rings. The zero-order valence-electron chi connectivity index (χ0n) is 14.4. The van der Waals surface area contributed by atoms with Crippen molar-refractivity contribution in [2.45, 2.75) is 19.6 Å². The van der Waals surface area contributed by atoms with Gasteiger partial charge in [0.05, 0.1) is 19.8 Å². The standard InChI is InChI=1S/C18H19F2N3O3.HI/c19-17(20)26-14-5-2-1-4-12(14)11-22-18(21)23-13-6-7-15-16(10-13)25-9-3-8-24-15;/h1-2,4-7,10,17H,3,8-9,11H2,(H3,21,22,23);1H. The van der Waals surface area contributed by atoms with Crippen LogP contribution in [0.2, 0.25) is 0 Å². The molecule has 146 valence electrons. The number of guanidine groups is 1. The van der Waals surface area contributed by atoms with E-state index in [1.165, 1.54) is 6.07 Å². The molecule has 0 saturated heterocycles. The Morgan fingerprint density at radius 1 is 1.15 bits per heavy atom. The third kappa shape index (κ3) is 6.12. The number of alkyl halides is 2.